The van der Waals surface area contributed by atoms with Crippen LogP contribution in [0.4, 0.5) is 4.39 Å². The van der Waals surface area contributed by atoms with Crippen molar-refractivity contribution in [2.75, 3.05) is 24.7 Å². The molecule has 2 atom stereocenters. The molecule has 8 heteroatoms. The van der Waals surface area contributed by atoms with Crippen molar-refractivity contribution < 1.29 is 27.1 Å². The van der Waals surface area contributed by atoms with Gasteiger partial charge < -0.3 is 9.64 Å². The highest BCUT2D eigenvalue weighted by molar-refractivity contribution is 7.91. The van der Waals surface area contributed by atoms with E-state index in [0.717, 1.165) is 0 Å². The zero-order chi connectivity index (χ0) is 17.3. The van der Waals surface area contributed by atoms with Crippen LogP contribution in [0.1, 0.15) is 23.2 Å². The van der Waals surface area contributed by atoms with E-state index in [1.807, 2.05) is 0 Å². The summed E-state index contributed by atoms with van der Waals surface area (Å²) in [6, 6.07) is 4.71. The molecule has 1 aromatic carbocycles. The van der Waals surface area contributed by atoms with Crippen molar-refractivity contribution in [3.8, 4) is 0 Å². The third kappa shape index (κ3) is 3.64. The van der Waals surface area contributed by atoms with Crippen molar-refractivity contribution in [1.29, 1.82) is 0 Å². The second-order valence-electron chi connectivity index (χ2n) is 6.07. The number of ketones is 1. The van der Waals surface area contributed by atoms with Gasteiger partial charge in [-0.3, -0.25) is 9.59 Å². The number of carbonyl (C=O) groups excluding carboxylic acids is 2. The third-order valence-electron chi connectivity index (χ3n) is 4.39. The Labute approximate surface area is 139 Å². The number of sulfone groups is 1. The second kappa shape index (κ2) is 6.60. The highest BCUT2D eigenvalue weighted by Crippen LogP contribution is 2.25. The lowest BCUT2D eigenvalue weighted by Crippen LogP contribution is -2.53. The molecule has 24 heavy (non-hydrogen) atoms. The van der Waals surface area contributed by atoms with Gasteiger partial charge >= 0.3 is 0 Å². The number of morpholine rings is 1. The van der Waals surface area contributed by atoms with Crippen LogP contribution in [0.15, 0.2) is 24.3 Å². The molecule has 3 rings (SSSR count). The van der Waals surface area contributed by atoms with Crippen molar-refractivity contribution in [3.05, 3.63) is 35.6 Å². The molecule has 2 aliphatic heterocycles. The first kappa shape index (κ1) is 17.0. The fourth-order valence-electron chi connectivity index (χ4n) is 3.17. The first-order valence-electron chi connectivity index (χ1n) is 7.76. The Balaban J connectivity index is 1.60. The number of Topliss-reactive ketones (excluding diaryl/α,β-unsaturated/α-hetero) is 1. The summed E-state index contributed by atoms with van der Waals surface area (Å²) in [4.78, 5) is 26.0. The average Bonchev–Trinajstić information content (AvgIpc) is 2.86. The van der Waals surface area contributed by atoms with Crippen molar-refractivity contribution in [3.63, 3.8) is 0 Å². The lowest BCUT2D eigenvalue weighted by atomic mass is 10.0. The molecule has 2 aliphatic rings. The number of fused-ring (bicyclic) bond motifs is 1. The molecule has 0 spiro atoms. The second-order valence-corrected chi connectivity index (χ2v) is 8.22. The van der Waals surface area contributed by atoms with Crippen LogP contribution in [0, 0.1) is 5.82 Å². The zero-order valence-corrected chi connectivity index (χ0v) is 13.8. The Hall–Kier alpha value is -1.80. The minimum absolute atomic E-state index is 0.000518. The minimum Gasteiger partial charge on any atom is -0.373 e. The summed E-state index contributed by atoms with van der Waals surface area (Å²) in [6.07, 6.45) is -0.466. The number of benzene rings is 1. The SMILES string of the molecule is O=C(CCC(=O)N1CCOC2CS(=O)(=O)CC21)c1ccc(F)cc1. The van der Waals surface area contributed by atoms with E-state index in [0.29, 0.717) is 18.7 Å². The summed E-state index contributed by atoms with van der Waals surface area (Å²) in [6.45, 7) is 0.634. The Bertz CT molecular complexity index is 746. The fraction of sp³-hybridized carbons (Fsp3) is 0.500. The summed E-state index contributed by atoms with van der Waals surface area (Å²) in [5, 5.41) is 0. The molecular weight excluding hydrogens is 337 g/mol. The van der Waals surface area contributed by atoms with Gasteiger partial charge in [0, 0.05) is 24.9 Å². The molecule has 6 nitrogen and oxygen atoms in total. The number of ether oxygens (including phenoxy) is 1. The molecule has 0 aliphatic carbocycles. The largest absolute Gasteiger partial charge is 0.373 e. The smallest absolute Gasteiger partial charge is 0.223 e. The number of carbonyl (C=O) groups is 2. The molecule has 2 heterocycles. The van der Waals surface area contributed by atoms with Gasteiger partial charge in [-0.15, -0.1) is 0 Å². The summed E-state index contributed by atoms with van der Waals surface area (Å²) < 4.78 is 41.8. The predicted molar refractivity (Wildman–Crippen MR) is 83.9 cm³/mol. The molecule has 0 saturated carbocycles. The van der Waals surface area contributed by atoms with E-state index in [-0.39, 0.29) is 36.0 Å². The summed E-state index contributed by atoms with van der Waals surface area (Å²) in [7, 11) is -3.19. The van der Waals surface area contributed by atoms with E-state index in [1.165, 1.54) is 29.2 Å². The van der Waals surface area contributed by atoms with E-state index in [1.54, 1.807) is 0 Å². The van der Waals surface area contributed by atoms with Gasteiger partial charge in [-0.05, 0) is 24.3 Å². The number of hydrogen-bond acceptors (Lipinski definition) is 5. The van der Waals surface area contributed by atoms with Crippen LogP contribution in [0.5, 0.6) is 0 Å². The molecule has 2 fully saturated rings. The predicted octanol–water partition coefficient (Wildman–Crippen LogP) is 0.813. The van der Waals surface area contributed by atoms with Crippen LogP contribution >= 0.6 is 0 Å². The Morgan fingerprint density at radius 1 is 1.17 bits per heavy atom. The van der Waals surface area contributed by atoms with E-state index < -0.39 is 27.8 Å². The molecule has 0 N–H and O–H groups in total. The van der Waals surface area contributed by atoms with Gasteiger partial charge in [-0.1, -0.05) is 0 Å². The van der Waals surface area contributed by atoms with Crippen LogP contribution in [0.25, 0.3) is 0 Å². The summed E-state index contributed by atoms with van der Waals surface area (Å²) in [5.74, 6) is -1.07. The van der Waals surface area contributed by atoms with Crippen molar-refractivity contribution in [1.82, 2.24) is 4.90 Å². The molecule has 1 aromatic rings. The Morgan fingerprint density at radius 2 is 1.88 bits per heavy atom. The Morgan fingerprint density at radius 3 is 2.58 bits per heavy atom. The molecule has 130 valence electrons. The standard InChI is InChI=1S/C16H18FNO5S/c17-12-3-1-11(2-4-12)14(19)5-6-16(20)18-7-8-23-15-10-24(21,22)9-13(15)18/h1-4,13,15H,5-10H2. The maximum Gasteiger partial charge on any atom is 0.223 e. The van der Waals surface area contributed by atoms with Crippen molar-refractivity contribution >= 4 is 21.5 Å². The molecule has 0 bridgehead atoms. The van der Waals surface area contributed by atoms with Gasteiger partial charge in [0.05, 0.1) is 30.3 Å². The molecule has 2 saturated heterocycles. The number of hydrogen-bond donors (Lipinski definition) is 0. The van der Waals surface area contributed by atoms with E-state index in [2.05, 4.69) is 0 Å². The quantitative estimate of drug-likeness (QED) is 0.747. The highest BCUT2D eigenvalue weighted by atomic mass is 32.2. The first-order chi connectivity index (χ1) is 11.4. The maximum absolute atomic E-state index is 12.9. The van der Waals surface area contributed by atoms with E-state index >= 15 is 0 Å². The van der Waals surface area contributed by atoms with Gasteiger partial charge in [-0.2, -0.15) is 0 Å². The van der Waals surface area contributed by atoms with Gasteiger partial charge in [-0.25, -0.2) is 12.8 Å². The minimum atomic E-state index is -3.19. The molecule has 0 aromatic heterocycles. The molecular formula is C16H18FNO5S. The van der Waals surface area contributed by atoms with E-state index in [9.17, 15) is 22.4 Å². The summed E-state index contributed by atoms with van der Waals surface area (Å²) in [5.41, 5.74) is 0.354. The van der Waals surface area contributed by atoms with Crippen molar-refractivity contribution in [2.24, 2.45) is 0 Å². The summed E-state index contributed by atoms with van der Waals surface area (Å²) >= 11 is 0. The van der Waals surface area contributed by atoms with Crippen LogP contribution in [-0.2, 0) is 19.4 Å². The van der Waals surface area contributed by atoms with Gasteiger partial charge in [0.2, 0.25) is 5.91 Å². The lowest BCUT2D eigenvalue weighted by molar-refractivity contribution is -0.142. The average molecular weight is 355 g/mol. The molecule has 2 unspecified atom stereocenters. The normalized spacial score (nSPS) is 25.3. The number of amides is 1. The third-order valence-corrected chi connectivity index (χ3v) is 6.07. The van der Waals surface area contributed by atoms with Gasteiger partial charge in [0.1, 0.15) is 5.82 Å². The Kier molecular flexibility index (Phi) is 4.69. The van der Waals surface area contributed by atoms with Crippen LogP contribution in [0.3, 0.4) is 0 Å². The molecule has 0 radical (unpaired) electrons. The fourth-order valence-corrected chi connectivity index (χ4v) is 5.04. The maximum atomic E-state index is 12.9. The number of nitrogens with zero attached hydrogens (tertiary/aromatic N) is 1. The van der Waals surface area contributed by atoms with Crippen LogP contribution in [0.2, 0.25) is 0 Å². The monoisotopic (exact) mass is 355 g/mol. The van der Waals surface area contributed by atoms with E-state index in [4.69, 9.17) is 4.74 Å². The van der Waals surface area contributed by atoms with Crippen LogP contribution < -0.4 is 0 Å². The van der Waals surface area contributed by atoms with Crippen LogP contribution in [-0.4, -0.2) is 61.8 Å². The molecule has 1 amide bonds. The van der Waals surface area contributed by atoms with Gasteiger partial charge in [0.15, 0.2) is 15.6 Å². The van der Waals surface area contributed by atoms with Gasteiger partial charge in [0.25, 0.3) is 0 Å². The highest BCUT2D eigenvalue weighted by Gasteiger charge is 2.45. The number of halogens is 1. The first-order valence-corrected chi connectivity index (χ1v) is 9.58. The zero-order valence-electron chi connectivity index (χ0n) is 13.0. The topological polar surface area (TPSA) is 80.8 Å². The van der Waals surface area contributed by atoms with Crippen molar-refractivity contribution in [2.45, 2.75) is 25.0 Å². The lowest BCUT2D eigenvalue weighted by Gasteiger charge is -2.36. The number of rotatable bonds is 4.